The smallest absolute Gasteiger partial charge is 0.226 e. The van der Waals surface area contributed by atoms with Crippen molar-refractivity contribution in [2.75, 3.05) is 19.6 Å². The van der Waals surface area contributed by atoms with E-state index >= 15 is 0 Å². The Bertz CT molecular complexity index is 309. The Morgan fingerprint density at radius 2 is 1.88 bits per heavy atom. The van der Waals surface area contributed by atoms with Crippen molar-refractivity contribution in [2.24, 2.45) is 17.8 Å². The van der Waals surface area contributed by atoms with Crippen molar-refractivity contribution in [2.45, 2.75) is 33.1 Å². The monoisotopic (exact) mass is 238 g/mol. The number of nitrogens with zero attached hydrogens (tertiary/aromatic N) is 1. The predicted molar refractivity (Wildman–Crippen MR) is 65.3 cm³/mol. The molecule has 1 N–H and O–H groups in total. The van der Waals surface area contributed by atoms with Crippen molar-refractivity contribution >= 4 is 11.8 Å². The molecule has 2 atom stereocenters. The van der Waals surface area contributed by atoms with Gasteiger partial charge >= 0.3 is 0 Å². The molecule has 4 heteroatoms. The molecular weight excluding hydrogens is 216 g/mol. The summed E-state index contributed by atoms with van der Waals surface area (Å²) in [6.07, 6.45) is 2.98. The third-order valence-corrected chi connectivity index (χ3v) is 3.55. The minimum absolute atomic E-state index is 0.0275. The lowest BCUT2D eigenvalue weighted by molar-refractivity contribution is -0.133. The molecule has 0 spiro atoms. The fourth-order valence-corrected chi connectivity index (χ4v) is 2.37. The number of nitrogens with one attached hydrogen (secondary N) is 1. The molecule has 17 heavy (non-hydrogen) atoms. The number of amides is 2. The predicted octanol–water partition coefficient (Wildman–Crippen LogP) is 1.02. The van der Waals surface area contributed by atoms with Crippen LogP contribution in [0.25, 0.3) is 0 Å². The molecule has 0 aromatic heterocycles. The van der Waals surface area contributed by atoms with Crippen LogP contribution in [-0.2, 0) is 9.59 Å². The number of hydrogen-bond donors (Lipinski definition) is 1. The number of likely N-dealkylation sites (tertiary alicyclic amines) is 1. The fraction of sp³-hybridized carbons (Fsp3) is 0.846. The van der Waals surface area contributed by atoms with Gasteiger partial charge in [-0.2, -0.15) is 0 Å². The van der Waals surface area contributed by atoms with Crippen molar-refractivity contribution < 1.29 is 9.59 Å². The molecule has 2 unspecified atom stereocenters. The normalized spacial score (nSPS) is 27.4. The van der Waals surface area contributed by atoms with Gasteiger partial charge in [0.2, 0.25) is 11.8 Å². The van der Waals surface area contributed by atoms with Crippen LogP contribution in [0, 0.1) is 17.8 Å². The summed E-state index contributed by atoms with van der Waals surface area (Å²) in [5.41, 5.74) is 0. The third-order valence-electron chi connectivity index (χ3n) is 3.55. The molecule has 2 amide bonds. The summed E-state index contributed by atoms with van der Waals surface area (Å²) in [5.74, 6) is 0.649. The van der Waals surface area contributed by atoms with Crippen LogP contribution in [0.15, 0.2) is 0 Å². The quantitative estimate of drug-likeness (QED) is 0.795. The summed E-state index contributed by atoms with van der Waals surface area (Å²) in [6.45, 7) is 6.62. The van der Waals surface area contributed by atoms with E-state index in [1.165, 1.54) is 0 Å². The van der Waals surface area contributed by atoms with Gasteiger partial charge < -0.3 is 10.2 Å². The van der Waals surface area contributed by atoms with Crippen LogP contribution >= 0.6 is 0 Å². The molecule has 0 aromatic carbocycles. The first-order valence-electron chi connectivity index (χ1n) is 6.66. The average Bonchev–Trinajstić information content (AvgIpc) is 2.90. The molecule has 2 fully saturated rings. The van der Waals surface area contributed by atoms with Crippen molar-refractivity contribution in [3.05, 3.63) is 0 Å². The van der Waals surface area contributed by atoms with Gasteiger partial charge in [-0.15, -0.1) is 0 Å². The summed E-state index contributed by atoms with van der Waals surface area (Å²) >= 11 is 0. The van der Waals surface area contributed by atoms with E-state index in [0.717, 1.165) is 32.4 Å². The lowest BCUT2D eigenvalue weighted by Crippen LogP contribution is -2.33. The zero-order valence-electron chi connectivity index (χ0n) is 10.7. The minimum atomic E-state index is -0.0538. The van der Waals surface area contributed by atoms with Gasteiger partial charge in [-0.05, 0) is 25.2 Å². The van der Waals surface area contributed by atoms with Crippen LogP contribution in [-0.4, -0.2) is 36.3 Å². The summed E-state index contributed by atoms with van der Waals surface area (Å²) in [5, 5.41) is 2.91. The summed E-state index contributed by atoms with van der Waals surface area (Å²) in [7, 11) is 0. The van der Waals surface area contributed by atoms with Gasteiger partial charge in [0, 0.05) is 19.6 Å². The zero-order chi connectivity index (χ0) is 12.4. The van der Waals surface area contributed by atoms with E-state index in [1.54, 1.807) is 0 Å². The summed E-state index contributed by atoms with van der Waals surface area (Å²) in [4.78, 5) is 25.7. The second-order valence-electron chi connectivity index (χ2n) is 5.62. The molecule has 1 aliphatic carbocycles. The highest BCUT2D eigenvalue weighted by molar-refractivity contribution is 5.92. The first kappa shape index (κ1) is 12.4. The maximum atomic E-state index is 12.0. The third kappa shape index (κ3) is 2.99. The Labute approximate surface area is 103 Å². The second kappa shape index (κ2) is 5.07. The van der Waals surface area contributed by atoms with E-state index in [1.807, 2.05) is 4.90 Å². The highest BCUT2D eigenvalue weighted by Gasteiger charge is 2.49. The molecule has 1 saturated heterocycles. The lowest BCUT2D eigenvalue weighted by Gasteiger charge is -2.15. The molecule has 96 valence electrons. The van der Waals surface area contributed by atoms with Gasteiger partial charge in [0.25, 0.3) is 0 Å². The standard InChI is InChI=1S/C13H22N2O2/c1-9(2)8-14-12(16)10-7-11(10)13(17)15-5-3-4-6-15/h9-11H,3-8H2,1-2H3,(H,14,16). The molecule has 0 bridgehead atoms. The Morgan fingerprint density at radius 3 is 2.47 bits per heavy atom. The number of rotatable bonds is 4. The number of carbonyl (C=O) groups is 2. The molecule has 2 rings (SSSR count). The van der Waals surface area contributed by atoms with Crippen LogP contribution in [0.4, 0.5) is 0 Å². The first-order chi connectivity index (χ1) is 8.09. The summed E-state index contributed by atoms with van der Waals surface area (Å²) < 4.78 is 0. The molecule has 4 nitrogen and oxygen atoms in total. The average molecular weight is 238 g/mol. The second-order valence-corrected chi connectivity index (χ2v) is 5.62. The number of hydrogen-bond acceptors (Lipinski definition) is 2. The van der Waals surface area contributed by atoms with E-state index in [2.05, 4.69) is 19.2 Å². The van der Waals surface area contributed by atoms with E-state index in [9.17, 15) is 9.59 Å². The molecule has 1 heterocycles. The van der Waals surface area contributed by atoms with E-state index in [-0.39, 0.29) is 23.7 Å². The van der Waals surface area contributed by atoms with Gasteiger partial charge in [-0.25, -0.2) is 0 Å². The van der Waals surface area contributed by atoms with Gasteiger partial charge in [-0.1, -0.05) is 13.8 Å². The molecular formula is C13H22N2O2. The SMILES string of the molecule is CC(C)CNC(=O)C1CC1C(=O)N1CCCC1. The Hall–Kier alpha value is -1.06. The highest BCUT2D eigenvalue weighted by Crippen LogP contribution is 2.40. The minimum Gasteiger partial charge on any atom is -0.356 e. The topological polar surface area (TPSA) is 49.4 Å². The van der Waals surface area contributed by atoms with E-state index < -0.39 is 0 Å². The van der Waals surface area contributed by atoms with Gasteiger partial charge in [0.15, 0.2) is 0 Å². The highest BCUT2D eigenvalue weighted by atomic mass is 16.2. The van der Waals surface area contributed by atoms with Gasteiger partial charge in [0.1, 0.15) is 0 Å². The van der Waals surface area contributed by atoms with Crippen LogP contribution in [0.3, 0.4) is 0 Å². The van der Waals surface area contributed by atoms with Crippen LogP contribution in [0.1, 0.15) is 33.1 Å². The summed E-state index contributed by atoms with van der Waals surface area (Å²) in [6, 6.07) is 0. The van der Waals surface area contributed by atoms with Gasteiger partial charge in [0.05, 0.1) is 11.8 Å². The van der Waals surface area contributed by atoms with Gasteiger partial charge in [-0.3, -0.25) is 9.59 Å². The zero-order valence-corrected chi connectivity index (χ0v) is 10.7. The van der Waals surface area contributed by atoms with Crippen molar-refractivity contribution in [1.29, 1.82) is 0 Å². The van der Waals surface area contributed by atoms with Crippen molar-refractivity contribution in [1.82, 2.24) is 10.2 Å². The maximum absolute atomic E-state index is 12.0. The Balaban J connectivity index is 1.75. The first-order valence-corrected chi connectivity index (χ1v) is 6.66. The Morgan fingerprint density at radius 1 is 1.24 bits per heavy atom. The van der Waals surface area contributed by atoms with E-state index in [0.29, 0.717) is 12.5 Å². The number of carbonyl (C=O) groups excluding carboxylic acids is 2. The fourth-order valence-electron chi connectivity index (χ4n) is 2.37. The molecule has 0 aromatic rings. The van der Waals surface area contributed by atoms with Crippen LogP contribution in [0.5, 0.6) is 0 Å². The van der Waals surface area contributed by atoms with Crippen LogP contribution in [0.2, 0.25) is 0 Å². The van der Waals surface area contributed by atoms with Crippen LogP contribution < -0.4 is 5.32 Å². The maximum Gasteiger partial charge on any atom is 0.226 e. The lowest BCUT2D eigenvalue weighted by atomic mass is 10.2. The largest absolute Gasteiger partial charge is 0.356 e. The molecule has 2 aliphatic rings. The molecule has 1 saturated carbocycles. The Kier molecular flexibility index (Phi) is 3.69. The van der Waals surface area contributed by atoms with Crippen molar-refractivity contribution in [3.8, 4) is 0 Å². The molecule has 1 aliphatic heterocycles. The molecule has 0 radical (unpaired) electrons. The van der Waals surface area contributed by atoms with Crippen molar-refractivity contribution in [3.63, 3.8) is 0 Å². The van der Waals surface area contributed by atoms with E-state index in [4.69, 9.17) is 0 Å².